The molecule has 7 nitrogen and oxygen atoms in total. The van der Waals surface area contributed by atoms with Crippen molar-refractivity contribution in [2.45, 2.75) is 4.90 Å². The number of amides is 2. The lowest BCUT2D eigenvalue weighted by molar-refractivity contribution is -0.113. The molecule has 0 saturated carbocycles. The summed E-state index contributed by atoms with van der Waals surface area (Å²) in [6.45, 7) is 0. The van der Waals surface area contributed by atoms with Gasteiger partial charge in [0.1, 0.15) is 5.75 Å². The molecule has 0 atom stereocenters. The van der Waals surface area contributed by atoms with E-state index in [4.69, 9.17) is 14.2 Å². The van der Waals surface area contributed by atoms with E-state index in [1.54, 1.807) is 56.7 Å². The van der Waals surface area contributed by atoms with Gasteiger partial charge in [0.25, 0.3) is 5.91 Å². The Morgan fingerprint density at radius 1 is 0.781 bits per heavy atom. The van der Waals surface area contributed by atoms with Gasteiger partial charge in [-0.3, -0.25) is 9.59 Å². The lowest BCUT2D eigenvalue weighted by Gasteiger charge is -2.10. The number of methoxy groups -OCH3 is 3. The molecule has 3 aromatic rings. The number of thioether (sulfide) groups is 1. The smallest absolute Gasteiger partial charge is 0.255 e. The first-order valence-electron chi connectivity index (χ1n) is 9.72. The normalized spacial score (nSPS) is 10.2. The molecular weight excluding hydrogens is 428 g/mol. The lowest BCUT2D eigenvalue weighted by atomic mass is 10.2. The van der Waals surface area contributed by atoms with Crippen LogP contribution in [0.25, 0.3) is 0 Å². The highest BCUT2D eigenvalue weighted by atomic mass is 32.2. The van der Waals surface area contributed by atoms with Crippen molar-refractivity contribution in [1.82, 2.24) is 0 Å². The van der Waals surface area contributed by atoms with E-state index in [1.165, 1.54) is 18.9 Å². The molecule has 3 aromatic carbocycles. The first kappa shape index (κ1) is 23.0. The zero-order chi connectivity index (χ0) is 22.9. The number of rotatable bonds is 9. The Morgan fingerprint density at radius 3 is 2.22 bits per heavy atom. The van der Waals surface area contributed by atoms with E-state index in [-0.39, 0.29) is 17.6 Å². The average Bonchev–Trinajstić information content (AvgIpc) is 2.83. The third-order valence-electron chi connectivity index (χ3n) is 4.48. The summed E-state index contributed by atoms with van der Waals surface area (Å²) >= 11 is 1.40. The maximum absolute atomic E-state index is 12.5. The van der Waals surface area contributed by atoms with Gasteiger partial charge in [-0.1, -0.05) is 6.07 Å². The molecule has 3 rings (SSSR count). The molecule has 0 aliphatic rings. The maximum atomic E-state index is 12.5. The Hall–Kier alpha value is -3.65. The SMILES string of the molecule is COc1cccc(NC(=O)CSc2ccc(NC(=O)c3ccc(OC)c(OC)c3)cc2)c1. The molecule has 0 bridgehead atoms. The van der Waals surface area contributed by atoms with E-state index >= 15 is 0 Å². The zero-order valence-electron chi connectivity index (χ0n) is 18.0. The van der Waals surface area contributed by atoms with Crippen LogP contribution in [0.5, 0.6) is 17.2 Å². The first-order valence-corrected chi connectivity index (χ1v) is 10.7. The summed E-state index contributed by atoms with van der Waals surface area (Å²) in [5, 5.41) is 5.69. The third-order valence-corrected chi connectivity index (χ3v) is 5.49. The van der Waals surface area contributed by atoms with Gasteiger partial charge >= 0.3 is 0 Å². The van der Waals surface area contributed by atoms with E-state index < -0.39 is 0 Å². The van der Waals surface area contributed by atoms with Gasteiger partial charge < -0.3 is 24.8 Å². The highest BCUT2D eigenvalue weighted by Gasteiger charge is 2.11. The number of carbonyl (C=O) groups is 2. The second kappa shape index (κ2) is 11.1. The molecule has 0 radical (unpaired) electrons. The first-order chi connectivity index (χ1) is 15.5. The van der Waals surface area contributed by atoms with Gasteiger partial charge in [-0.05, 0) is 54.6 Å². The molecular formula is C24H24N2O5S. The van der Waals surface area contributed by atoms with E-state index in [1.807, 2.05) is 24.3 Å². The van der Waals surface area contributed by atoms with Gasteiger partial charge in [0.05, 0.1) is 27.1 Å². The molecule has 0 fully saturated rings. The second-order valence-electron chi connectivity index (χ2n) is 6.62. The van der Waals surface area contributed by atoms with Crippen LogP contribution in [0, 0.1) is 0 Å². The van der Waals surface area contributed by atoms with E-state index in [0.29, 0.717) is 34.2 Å². The second-order valence-corrected chi connectivity index (χ2v) is 7.67. The van der Waals surface area contributed by atoms with Crippen LogP contribution in [0.2, 0.25) is 0 Å². The van der Waals surface area contributed by atoms with Gasteiger partial charge in [-0.2, -0.15) is 0 Å². The summed E-state index contributed by atoms with van der Waals surface area (Å²) < 4.78 is 15.6. The van der Waals surface area contributed by atoms with Crippen molar-refractivity contribution >= 4 is 35.0 Å². The number of benzene rings is 3. The predicted octanol–water partition coefficient (Wildman–Crippen LogP) is 4.70. The van der Waals surface area contributed by atoms with Crippen LogP contribution in [0.1, 0.15) is 10.4 Å². The van der Waals surface area contributed by atoms with Crippen molar-refractivity contribution in [2.75, 3.05) is 37.7 Å². The van der Waals surface area contributed by atoms with Crippen molar-refractivity contribution in [3.63, 3.8) is 0 Å². The number of anilines is 2. The minimum Gasteiger partial charge on any atom is -0.497 e. The lowest BCUT2D eigenvalue weighted by Crippen LogP contribution is -2.14. The monoisotopic (exact) mass is 452 g/mol. The highest BCUT2D eigenvalue weighted by molar-refractivity contribution is 8.00. The van der Waals surface area contributed by atoms with E-state index in [9.17, 15) is 9.59 Å². The Morgan fingerprint density at radius 2 is 1.53 bits per heavy atom. The summed E-state index contributed by atoms with van der Waals surface area (Å²) in [5.74, 6) is 1.61. The Kier molecular flexibility index (Phi) is 7.99. The molecule has 166 valence electrons. The van der Waals surface area contributed by atoms with Crippen LogP contribution in [0.4, 0.5) is 11.4 Å². The highest BCUT2D eigenvalue weighted by Crippen LogP contribution is 2.28. The van der Waals surface area contributed by atoms with Gasteiger partial charge in [-0.15, -0.1) is 11.8 Å². The Labute approximate surface area is 191 Å². The van der Waals surface area contributed by atoms with Crippen molar-refractivity contribution in [3.8, 4) is 17.2 Å². The molecule has 0 aliphatic heterocycles. The van der Waals surface area contributed by atoms with Crippen LogP contribution >= 0.6 is 11.8 Å². The largest absolute Gasteiger partial charge is 0.497 e. The van der Waals surface area contributed by atoms with Crippen LogP contribution in [0.15, 0.2) is 71.6 Å². The van der Waals surface area contributed by atoms with Crippen LogP contribution in [0.3, 0.4) is 0 Å². The molecule has 0 spiro atoms. The summed E-state index contributed by atoms with van der Waals surface area (Å²) in [4.78, 5) is 25.6. The summed E-state index contributed by atoms with van der Waals surface area (Å²) in [6, 6.07) is 19.5. The van der Waals surface area contributed by atoms with E-state index in [0.717, 1.165) is 4.90 Å². The Balaban J connectivity index is 1.53. The quantitative estimate of drug-likeness (QED) is 0.458. The molecule has 2 amide bonds. The van der Waals surface area contributed by atoms with Crippen molar-refractivity contribution in [3.05, 3.63) is 72.3 Å². The van der Waals surface area contributed by atoms with Gasteiger partial charge in [-0.25, -0.2) is 0 Å². The molecule has 2 N–H and O–H groups in total. The molecule has 32 heavy (non-hydrogen) atoms. The fourth-order valence-corrected chi connectivity index (χ4v) is 3.56. The standard InChI is InChI=1S/C24H24N2O5S/c1-29-19-6-4-5-18(14-19)25-23(27)15-32-20-10-8-17(9-11-20)26-24(28)16-7-12-21(30-2)22(13-16)31-3/h4-14H,15H2,1-3H3,(H,25,27)(H,26,28). The van der Waals surface area contributed by atoms with Gasteiger partial charge in [0.2, 0.25) is 5.91 Å². The number of hydrogen-bond acceptors (Lipinski definition) is 6. The van der Waals surface area contributed by atoms with Crippen molar-refractivity contribution in [2.24, 2.45) is 0 Å². The predicted molar refractivity (Wildman–Crippen MR) is 126 cm³/mol. The van der Waals surface area contributed by atoms with Gasteiger partial charge in [0.15, 0.2) is 11.5 Å². The average molecular weight is 453 g/mol. The van der Waals surface area contributed by atoms with Crippen LogP contribution < -0.4 is 24.8 Å². The maximum Gasteiger partial charge on any atom is 0.255 e. The molecule has 0 unspecified atom stereocenters. The number of ether oxygens (including phenoxy) is 3. The number of nitrogens with one attached hydrogen (secondary N) is 2. The van der Waals surface area contributed by atoms with Crippen molar-refractivity contribution in [1.29, 1.82) is 0 Å². The topological polar surface area (TPSA) is 85.9 Å². The number of hydrogen-bond donors (Lipinski definition) is 2. The fourth-order valence-electron chi connectivity index (χ4n) is 2.86. The fraction of sp³-hybridized carbons (Fsp3) is 0.167. The minimum atomic E-state index is -0.260. The van der Waals surface area contributed by atoms with Gasteiger partial charge in [0, 0.05) is 27.9 Å². The zero-order valence-corrected chi connectivity index (χ0v) is 18.8. The molecule has 8 heteroatoms. The summed E-state index contributed by atoms with van der Waals surface area (Å²) in [7, 11) is 4.64. The third kappa shape index (κ3) is 6.18. The molecule has 0 aliphatic carbocycles. The summed E-state index contributed by atoms with van der Waals surface area (Å²) in [5.41, 5.74) is 1.79. The van der Waals surface area contributed by atoms with Crippen LogP contribution in [-0.2, 0) is 4.79 Å². The molecule has 0 heterocycles. The minimum absolute atomic E-state index is 0.117. The van der Waals surface area contributed by atoms with Crippen LogP contribution in [-0.4, -0.2) is 38.9 Å². The summed E-state index contributed by atoms with van der Waals surface area (Å²) in [6.07, 6.45) is 0. The Bertz CT molecular complexity index is 1090. The molecule has 0 saturated heterocycles. The molecule has 0 aromatic heterocycles. The van der Waals surface area contributed by atoms with E-state index in [2.05, 4.69) is 10.6 Å². The number of carbonyl (C=O) groups excluding carboxylic acids is 2. The van der Waals surface area contributed by atoms with Crippen molar-refractivity contribution < 1.29 is 23.8 Å².